The molecule has 2 N–H and O–H groups in total. The van der Waals surface area contributed by atoms with Crippen molar-refractivity contribution in [3.8, 4) is 11.5 Å². The standard InChI is InChI=1S/C15H16ClNO/c1-9-4-5-12(6-10(9)2)18-15-8-13(16)14(17)7-11(15)3/h4-8H,17H2,1-3H3. The van der Waals surface area contributed by atoms with E-state index in [0.29, 0.717) is 10.7 Å². The fourth-order valence-corrected chi connectivity index (χ4v) is 1.85. The largest absolute Gasteiger partial charge is 0.457 e. The van der Waals surface area contributed by atoms with Gasteiger partial charge in [-0.25, -0.2) is 0 Å². The van der Waals surface area contributed by atoms with E-state index in [4.69, 9.17) is 22.1 Å². The van der Waals surface area contributed by atoms with Gasteiger partial charge in [0.15, 0.2) is 0 Å². The van der Waals surface area contributed by atoms with Gasteiger partial charge in [-0.3, -0.25) is 0 Å². The molecule has 0 atom stereocenters. The molecule has 0 amide bonds. The first kappa shape index (κ1) is 12.8. The molecule has 0 radical (unpaired) electrons. The molecule has 0 aromatic heterocycles. The molecule has 2 aromatic rings. The van der Waals surface area contributed by atoms with Crippen LogP contribution in [0.1, 0.15) is 16.7 Å². The lowest BCUT2D eigenvalue weighted by atomic mass is 10.1. The normalized spacial score (nSPS) is 10.4. The predicted octanol–water partition coefficient (Wildman–Crippen LogP) is 4.64. The van der Waals surface area contributed by atoms with Crippen molar-refractivity contribution < 1.29 is 4.74 Å². The summed E-state index contributed by atoms with van der Waals surface area (Å²) < 4.78 is 5.84. The first-order valence-electron chi connectivity index (χ1n) is 5.78. The summed E-state index contributed by atoms with van der Waals surface area (Å²) in [5.74, 6) is 1.54. The molecule has 0 heterocycles. The average Bonchev–Trinajstić information content (AvgIpc) is 2.31. The number of benzene rings is 2. The highest BCUT2D eigenvalue weighted by molar-refractivity contribution is 6.33. The summed E-state index contributed by atoms with van der Waals surface area (Å²) in [6.45, 7) is 6.08. The van der Waals surface area contributed by atoms with Crippen molar-refractivity contribution in [2.45, 2.75) is 20.8 Å². The smallest absolute Gasteiger partial charge is 0.131 e. The summed E-state index contributed by atoms with van der Waals surface area (Å²) in [6.07, 6.45) is 0. The lowest BCUT2D eigenvalue weighted by molar-refractivity contribution is 0.478. The number of nitrogen functional groups attached to an aromatic ring is 1. The number of hydrogen-bond donors (Lipinski definition) is 1. The van der Waals surface area contributed by atoms with Crippen molar-refractivity contribution in [2.75, 3.05) is 5.73 Å². The van der Waals surface area contributed by atoms with E-state index in [9.17, 15) is 0 Å². The number of aryl methyl sites for hydroxylation is 3. The van der Waals surface area contributed by atoms with Crippen molar-refractivity contribution in [1.82, 2.24) is 0 Å². The van der Waals surface area contributed by atoms with Crippen LogP contribution < -0.4 is 10.5 Å². The minimum atomic E-state index is 0.513. The lowest BCUT2D eigenvalue weighted by Gasteiger charge is -2.11. The average molecular weight is 262 g/mol. The molecule has 0 spiro atoms. The van der Waals surface area contributed by atoms with E-state index in [1.54, 1.807) is 6.07 Å². The molecule has 0 saturated heterocycles. The second kappa shape index (κ2) is 4.91. The lowest BCUT2D eigenvalue weighted by Crippen LogP contribution is -1.93. The van der Waals surface area contributed by atoms with Crippen LogP contribution in [0.4, 0.5) is 5.69 Å². The number of anilines is 1. The van der Waals surface area contributed by atoms with Crippen LogP contribution in [-0.2, 0) is 0 Å². The third-order valence-corrected chi connectivity index (χ3v) is 3.33. The Morgan fingerprint density at radius 2 is 1.67 bits per heavy atom. The Morgan fingerprint density at radius 3 is 2.33 bits per heavy atom. The van der Waals surface area contributed by atoms with Crippen LogP contribution >= 0.6 is 11.6 Å². The molecule has 0 aliphatic rings. The number of hydrogen-bond acceptors (Lipinski definition) is 2. The number of nitrogens with two attached hydrogens (primary N) is 1. The van der Waals surface area contributed by atoms with Crippen LogP contribution in [0, 0.1) is 20.8 Å². The molecule has 0 aliphatic heterocycles. The van der Waals surface area contributed by atoms with Crippen molar-refractivity contribution >= 4 is 17.3 Å². The van der Waals surface area contributed by atoms with Crippen LogP contribution in [0.25, 0.3) is 0 Å². The molecule has 18 heavy (non-hydrogen) atoms. The van der Waals surface area contributed by atoms with Crippen LogP contribution in [0.2, 0.25) is 5.02 Å². The van der Waals surface area contributed by atoms with Crippen molar-refractivity contribution in [2.24, 2.45) is 0 Å². The van der Waals surface area contributed by atoms with Gasteiger partial charge in [-0.05, 0) is 55.7 Å². The van der Waals surface area contributed by atoms with Gasteiger partial charge >= 0.3 is 0 Å². The Bertz CT molecular complexity index is 593. The third kappa shape index (κ3) is 2.59. The molecular weight excluding hydrogens is 246 g/mol. The van der Waals surface area contributed by atoms with Crippen LogP contribution in [-0.4, -0.2) is 0 Å². The molecular formula is C15H16ClNO. The van der Waals surface area contributed by atoms with Gasteiger partial charge in [-0.1, -0.05) is 17.7 Å². The number of halogens is 1. The second-order valence-electron chi connectivity index (χ2n) is 4.49. The Morgan fingerprint density at radius 1 is 0.944 bits per heavy atom. The monoisotopic (exact) mass is 261 g/mol. The van der Waals surface area contributed by atoms with Gasteiger partial charge in [0.25, 0.3) is 0 Å². The molecule has 2 nitrogen and oxygen atoms in total. The third-order valence-electron chi connectivity index (χ3n) is 3.00. The summed E-state index contributed by atoms with van der Waals surface area (Å²) in [7, 11) is 0. The Balaban J connectivity index is 2.34. The van der Waals surface area contributed by atoms with Gasteiger partial charge in [-0.15, -0.1) is 0 Å². The van der Waals surface area contributed by atoms with Gasteiger partial charge in [0.2, 0.25) is 0 Å². The molecule has 0 unspecified atom stereocenters. The second-order valence-corrected chi connectivity index (χ2v) is 4.89. The van der Waals surface area contributed by atoms with Gasteiger partial charge < -0.3 is 10.5 Å². The highest BCUT2D eigenvalue weighted by Gasteiger charge is 2.06. The van der Waals surface area contributed by atoms with Gasteiger partial charge in [0.1, 0.15) is 11.5 Å². The quantitative estimate of drug-likeness (QED) is 0.800. The van der Waals surface area contributed by atoms with E-state index in [1.807, 2.05) is 31.2 Å². The predicted molar refractivity (Wildman–Crippen MR) is 76.6 cm³/mol. The molecule has 0 fully saturated rings. The fraction of sp³-hybridized carbons (Fsp3) is 0.200. The Kier molecular flexibility index (Phi) is 3.48. The maximum Gasteiger partial charge on any atom is 0.131 e. The van der Waals surface area contributed by atoms with Gasteiger partial charge in [0, 0.05) is 6.07 Å². The molecule has 94 valence electrons. The summed E-state index contributed by atoms with van der Waals surface area (Å²) in [4.78, 5) is 0. The number of ether oxygens (including phenoxy) is 1. The molecule has 0 saturated carbocycles. The van der Waals surface area contributed by atoms with Gasteiger partial charge in [0.05, 0.1) is 10.7 Å². The zero-order valence-corrected chi connectivity index (χ0v) is 11.5. The van der Waals surface area contributed by atoms with E-state index in [2.05, 4.69) is 13.8 Å². The molecule has 0 aliphatic carbocycles. The molecule has 2 rings (SSSR count). The topological polar surface area (TPSA) is 35.2 Å². The molecule has 0 bridgehead atoms. The maximum absolute atomic E-state index is 6.00. The van der Waals surface area contributed by atoms with Crippen molar-refractivity contribution in [3.63, 3.8) is 0 Å². The first-order chi connectivity index (χ1) is 8.47. The van der Waals surface area contributed by atoms with Gasteiger partial charge in [-0.2, -0.15) is 0 Å². The van der Waals surface area contributed by atoms with E-state index in [-0.39, 0.29) is 0 Å². The zero-order valence-electron chi connectivity index (χ0n) is 10.8. The summed E-state index contributed by atoms with van der Waals surface area (Å²) in [6, 6.07) is 9.57. The van der Waals surface area contributed by atoms with E-state index < -0.39 is 0 Å². The van der Waals surface area contributed by atoms with Crippen molar-refractivity contribution in [1.29, 1.82) is 0 Å². The minimum absolute atomic E-state index is 0.513. The summed E-state index contributed by atoms with van der Waals surface area (Å²) >= 11 is 6.00. The Labute approximate surface area is 112 Å². The van der Waals surface area contributed by atoms with E-state index in [1.165, 1.54) is 11.1 Å². The summed E-state index contributed by atoms with van der Waals surface area (Å²) in [5, 5.41) is 0.513. The molecule has 2 aromatic carbocycles. The highest BCUT2D eigenvalue weighted by Crippen LogP contribution is 2.32. The highest BCUT2D eigenvalue weighted by atomic mass is 35.5. The van der Waals surface area contributed by atoms with E-state index >= 15 is 0 Å². The van der Waals surface area contributed by atoms with Crippen LogP contribution in [0.3, 0.4) is 0 Å². The number of rotatable bonds is 2. The maximum atomic E-state index is 6.00. The van der Waals surface area contributed by atoms with Crippen LogP contribution in [0.15, 0.2) is 30.3 Å². The van der Waals surface area contributed by atoms with Crippen LogP contribution in [0.5, 0.6) is 11.5 Å². The zero-order chi connectivity index (χ0) is 13.3. The molecule has 3 heteroatoms. The Hall–Kier alpha value is -1.67. The summed E-state index contributed by atoms with van der Waals surface area (Å²) in [5.41, 5.74) is 9.72. The van der Waals surface area contributed by atoms with E-state index in [0.717, 1.165) is 17.1 Å². The van der Waals surface area contributed by atoms with Crippen molar-refractivity contribution in [3.05, 3.63) is 52.0 Å². The fourth-order valence-electron chi connectivity index (χ4n) is 1.70. The minimum Gasteiger partial charge on any atom is -0.457 e. The SMILES string of the molecule is Cc1ccc(Oc2cc(Cl)c(N)cc2C)cc1C. The first-order valence-corrected chi connectivity index (χ1v) is 6.16.